The van der Waals surface area contributed by atoms with Crippen LogP contribution in [0, 0.1) is 0 Å². The van der Waals surface area contributed by atoms with Crippen LogP contribution in [0.5, 0.6) is 0 Å². The maximum atomic E-state index is 10.7. The van der Waals surface area contributed by atoms with Crippen LogP contribution in [0.2, 0.25) is 0 Å². The first kappa shape index (κ1) is 9.45. The molecule has 1 rings (SSSR count). The van der Waals surface area contributed by atoms with Gasteiger partial charge in [-0.25, -0.2) is 0 Å². The predicted molar refractivity (Wildman–Crippen MR) is 50.0 cm³/mol. The van der Waals surface area contributed by atoms with Crippen molar-refractivity contribution in [2.45, 2.75) is 4.90 Å². The summed E-state index contributed by atoms with van der Waals surface area (Å²) >= 11 is 0. The van der Waals surface area contributed by atoms with Crippen LogP contribution in [0.4, 0.5) is 5.69 Å². The van der Waals surface area contributed by atoms with Gasteiger partial charge >= 0.3 is 0 Å². The first-order valence-corrected chi connectivity index (χ1v) is 5.05. The molecule has 1 atom stereocenters. The molecule has 0 aliphatic rings. The molecule has 0 heterocycles. The fraction of sp³-hybridized carbons (Fsp3) is 0. The Kier molecular flexibility index (Phi) is 2.37. The highest BCUT2D eigenvalue weighted by Crippen LogP contribution is 2.12. The van der Waals surface area contributed by atoms with Crippen molar-refractivity contribution in [3.8, 4) is 0 Å². The van der Waals surface area contributed by atoms with E-state index >= 15 is 0 Å². The number of rotatable bonds is 1. The van der Waals surface area contributed by atoms with E-state index in [4.69, 9.17) is 10.3 Å². The summed E-state index contributed by atoms with van der Waals surface area (Å²) in [5.41, 5.74) is 5.64. The molecule has 0 saturated heterocycles. The molecule has 0 aliphatic heterocycles. The Balaban J connectivity index is 3.43. The fourth-order valence-corrected chi connectivity index (χ4v) is 2.05. The van der Waals surface area contributed by atoms with Crippen LogP contribution in [0.25, 0.3) is 0 Å². The van der Waals surface area contributed by atoms with Gasteiger partial charge in [0.25, 0.3) is 10.1 Å². The van der Waals surface area contributed by atoms with E-state index in [-0.39, 0.29) is 4.90 Å². The summed E-state index contributed by atoms with van der Waals surface area (Å²) in [4.78, 5) is -0.174. The molecule has 0 fully saturated rings. The normalized spacial score (nSPS) is 11.5. The molecule has 1 aromatic carbocycles. The highest BCUT2D eigenvalue weighted by Gasteiger charge is 2.12. The number of nitrogens with two attached hydrogens (primary N) is 1. The topological polar surface area (TPSA) is 80.4 Å². The third kappa shape index (κ3) is 1.94. The molecule has 3 N–H and O–H groups in total. The van der Waals surface area contributed by atoms with Crippen molar-refractivity contribution in [3.05, 3.63) is 18.2 Å². The second kappa shape index (κ2) is 3.01. The van der Waals surface area contributed by atoms with E-state index in [1.807, 2.05) is 0 Å². The number of anilines is 1. The van der Waals surface area contributed by atoms with Crippen molar-refractivity contribution < 1.29 is 13.0 Å². The molecule has 0 spiro atoms. The molecule has 12 heavy (non-hydrogen) atoms. The molecular formula is C6H8NO3PS. The first-order valence-electron chi connectivity index (χ1n) is 3.04. The summed E-state index contributed by atoms with van der Waals surface area (Å²) in [6.07, 6.45) is 0. The summed E-state index contributed by atoms with van der Waals surface area (Å²) in [7, 11) is -1.96. The number of nitrogen functional groups attached to an aromatic ring is 1. The van der Waals surface area contributed by atoms with Gasteiger partial charge in [-0.1, -0.05) is 6.07 Å². The van der Waals surface area contributed by atoms with Gasteiger partial charge in [-0.2, -0.15) is 8.42 Å². The van der Waals surface area contributed by atoms with Crippen molar-refractivity contribution in [1.82, 2.24) is 0 Å². The van der Waals surface area contributed by atoms with E-state index in [0.29, 0.717) is 11.0 Å². The first-order chi connectivity index (χ1) is 5.41. The molecule has 4 nitrogen and oxygen atoms in total. The summed E-state index contributed by atoms with van der Waals surface area (Å²) in [5, 5.41) is 0.395. The highest BCUT2D eigenvalue weighted by atomic mass is 32.2. The van der Waals surface area contributed by atoms with E-state index < -0.39 is 10.1 Å². The Morgan fingerprint density at radius 2 is 2.00 bits per heavy atom. The Morgan fingerprint density at radius 3 is 2.42 bits per heavy atom. The lowest BCUT2D eigenvalue weighted by atomic mass is 10.3. The zero-order valence-corrected chi connectivity index (χ0v) is 8.03. The minimum absolute atomic E-state index is 0.174. The van der Waals surface area contributed by atoms with Gasteiger partial charge < -0.3 is 5.73 Å². The molecule has 66 valence electrons. The molecule has 0 radical (unpaired) electrons. The van der Waals surface area contributed by atoms with E-state index in [2.05, 4.69) is 9.24 Å². The third-order valence-corrected chi connectivity index (χ3v) is 2.94. The van der Waals surface area contributed by atoms with Crippen molar-refractivity contribution in [2.24, 2.45) is 0 Å². The van der Waals surface area contributed by atoms with Gasteiger partial charge in [0.1, 0.15) is 4.90 Å². The van der Waals surface area contributed by atoms with Gasteiger partial charge in [0.05, 0.1) is 0 Å². The van der Waals surface area contributed by atoms with Crippen LogP contribution < -0.4 is 11.0 Å². The number of hydrogen-bond acceptors (Lipinski definition) is 3. The molecule has 0 amide bonds. The van der Waals surface area contributed by atoms with Crippen molar-refractivity contribution in [3.63, 3.8) is 0 Å². The van der Waals surface area contributed by atoms with E-state index in [0.717, 1.165) is 0 Å². The van der Waals surface area contributed by atoms with Crippen molar-refractivity contribution in [1.29, 1.82) is 0 Å². The highest BCUT2D eigenvalue weighted by molar-refractivity contribution is 7.86. The molecule has 0 aromatic heterocycles. The molecular weight excluding hydrogens is 197 g/mol. The quantitative estimate of drug-likeness (QED) is 0.384. The average molecular weight is 205 g/mol. The lowest BCUT2D eigenvalue weighted by molar-refractivity contribution is 0.484. The van der Waals surface area contributed by atoms with Crippen LogP contribution in [0.3, 0.4) is 0 Å². The number of benzene rings is 1. The van der Waals surface area contributed by atoms with Gasteiger partial charge in [0.2, 0.25) is 0 Å². The van der Waals surface area contributed by atoms with Gasteiger partial charge in [-0.05, 0) is 17.4 Å². The summed E-state index contributed by atoms with van der Waals surface area (Å²) in [6.45, 7) is 0. The van der Waals surface area contributed by atoms with Crippen LogP contribution >= 0.6 is 9.24 Å². The predicted octanol–water partition coefficient (Wildman–Crippen LogP) is 0.0159. The van der Waals surface area contributed by atoms with Crippen LogP contribution in [0.1, 0.15) is 0 Å². The Hall–Kier alpha value is -0.640. The second-order valence-corrected chi connectivity index (χ2v) is 4.28. The van der Waals surface area contributed by atoms with Gasteiger partial charge in [0, 0.05) is 5.69 Å². The Morgan fingerprint density at radius 1 is 1.42 bits per heavy atom. The largest absolute Gasteiger partial charge is 0.399 e. The smallest absolute Gasteiger partial charge is 0.295 e. The molecule has 1 unspecified atom stereocenters. The zero-order chi connectivity index (χ0) is 9.35. The van der Waals surface area contributed by atoms with Crippen molar-refractivity contribution in [2.75, 3.05) is 5.73 Å². The number of hydrogen-bond donors (Lipinski definition) is 2. The summed E-state index contributed by atoms with van der Waals surface area (Å²) in [6, 6.07) is 4.26. The van der Waals surface area contributed by atoms with E-state index in [9.17, 15) is 8.42 Å². The van der Waals surface area contributed by atoms with Crippen LogP contribution in [-0.4, -0.2) is 13.0 Å². The van der Waals surface area contributed by atoms with E-state index in [1.165, 1.54) is 12.1 Å². The Bertz CT molecular complexity index is 401. The van der Waals surface area contributed by atoms with Crippen LogP contribution in [-0.2, 0) is 10.1 Å². The third-order valence-electron chi connectivity index (χ3n) is 1.32. The van der Waals surface area contributed by atoms with Gasteiger partial charge in [0.15, 0.2) is 0 Å². The SMILES string of the molecule is Nc1ccc(P)c(S(=O)(=O)O)c1. The lowest BCUT2D eigenvalue weighted by Crippen LogP contribution is -2.09. The summed E-state index contributed by atoms with van der Waals surface area (Å²) < 4.78 is 30.1. The summed E-state index contributed by atoms with van der Waals surface area (Å²) in [5.74, 6) is 0. The maximum absolute atomic E-state index is 10.7. The molecule has 1 aromatic rings. The molecule has 0 bridgehead atoms. The standard InChI is InChI=1S/C6H8NO3PS/c7-4-1-2-5(11)6(3-4)12(8,9)10/h1-3H,7,11H2,(H,8,9,10). The zero-order valence-electron chi connectivity index (χ0n) is 6.06. The molecule has 6 heteroatoms. The Labute approximate surface area is 72.7 Å². The average Bonchev–Trinajstić information content (AvgIpc) is 1.92. The van der Waals surface area contributed by atoms with Gasteiger partial charge in [-0.3, -0.25) is 4.55 Å². The second-order valence-electron chi connectivity index (χ2n) is 2.27. The molecule has 0 saturated carbocycles. The maximum Gasteiger partial charge on any atom is 0.295 e. The van der Waals surface area contributed by atoms with Crippen molar-refractivity contribution >= 4 is 30.3 Å². The van der Waals surface area contributed by atoms with Gasteiger partial charge in [-0.15, -0.1) is 9.24 Å². The minimum Gasteiger partial charge on any atom is -0.399 e. The molecule has 0 aliphatic carbocycles. The monoisotopic (exact) mass is 205 g/mol. The van der Waals surface area contributed by atoms with E-state index in [1.54, 1.807) is 6.07 Å². The van der Waals surface area contributed by atoms with Crippen LogP contribution in [0.15, 0.2) is 23.1 Å². The minimum atomic E-state index is -4.16. The lowest BCUT2D eigenvalue weighted by Gasteiger charge is -2.01. The fourth-order valence-electron chi connectivity index (χ4n) is 0.774.